The molecule has 1 N–H and O–H groups in total. The second-order valence-electron chi connectivity index (χ2n) is 4.82. The molecule has 2 heteroatoms. The minimum atomic E-state index is 0.180. The van der Waals surface area contributed by atoms with Crippen LogP contribution in [0, 0.1) is 0 Å². The number of fused-ring (bicyclic) bond motifs is 1. The first-order chi connectivity index (χ1) is 9.90. The highest BCUT2D eigenvalue weighted by Crippen LogP contribution is 2.27. The van der Waals surface area contributed by atoms with Gasteiger partial charge in [-0.15, -0.1) is 0 Å². The highest BCUT2D eigenvalue weighted by molar-refractivity contribution is 5.82. The first-order valence-electron chi connectivity index (χ1n) is 7.02. The van der Waals surface area contributed by atoms with Gasteiger partial charge >= 0.3 is 0 Å². The van der Waals surface area contributed by atoms with E-state index in [2.05, 4.69) is 65.8 Å². The Morgan fingerprint density at radius 2 is 1.75 bits per heavy atom. The highest BCUT2D eigenvalue weighted by atomic mass is 14.9. The Labute approximate surface area is 119 Å². The van der Waals surface area contributed by atoms with Crippen molar-refractivity contribution >= 4 is 10.9 Å². The average Bonchev–Trinajstić information content (AvgIpc) is 2.53. The Kier molecular flexibility index (Phi) is 3.75. The summed E-state index contributed by atoms with van der Waals surface area (Å²) in [5, 5.41) is 4.75. The first-order valence-corrected chi connectivity index (χ1v) is 7.02. The van der Waals surface area contributed by atoms with Crippen molar-refractivity contribution < 1.29 is 0 Å². The van der Waals surface area contributed by atoms with Gasteiger partial charge in [-0.1, -0.05) is 61.5 Å². The largest absolute Gasteiger partial charge is 0.306 e. The Bertz CT molecular complexity index is 687. The van der Waals surface area contributed by atoms with Gasteiger partial charge in [0.2, 0.25) is 0 Å². The maximum atomic E-state index is 4.57. The van der Waals surface area contributed by atoms with Crippen molar-refractivity contribution in [1.29, 1.82) is 0 Å². The summed E-state index contributed by atoms with van der Waals surface area (Å²) in [6, 6.07) is 21.2. The van der Waals surface area contributed by atoms with Crippen molar-refractivity contribution in [3.05, 3.63) is 78.0 Å². The molecule has 20 heavy (non-hydrogen) atoms. The van der Waals surface area contributed by atoms with Gasteiger partial charge < -0.3 is 5.32 Å². The molecule has 0 aliphatic rings. The number of pyridine rings is 1. The molecule has 0 saturated carbocycles. The van der Waals surface area contributed by atoms with Gasteiger partial charge in [0.1, 0.15) is 0 Å². The van der Waals surface area contributed by atoms with E-state index >= 15 is 0 Å². The Morgan fingerprint density at radius 3 is 2.55 bits per heavy atom. The molecule has 1 heterocycles. The summed E-state index contributed by atoms with van der Waals surface area (Å²) in [5.74, 6) is 0. The number of rotatable bonds is 4. The van der Waals surface area contributed by atoms with Gasteiger partial charge in [0, 0.05) is 11.6 Å². The third kappa shape index (κ3) is 2.43. The van der Waals surface area contributed by atoms with Crippen LogP contribution in [0.5, 0.6) is 0 Å². The van der Waals surface area contributed by atoms with E-state index in [-0.39, 0.29) is 6.04 Å². The van der Waals surface area contributed by atoms with Gasteiger partial charge in [-0.25, -0.2) is 0 Å². The molecule has 1 unspecified atom stereocenters. The molecule has 0 fully saturated rings. The van der Waals surface area contributed by atoms with Crippen LogP contribution in [-0.4, -0.2) is 11.5 Å². The fraction of sp³-hybridized carbons (Fsp3) is 0.167. The molecule has 3 rings (SSSR count). The van der Waals surface area contributed by atoms with Crippen LogP contribution in [0.4, 0.5) is 0 Å². The summed E-state index contributed by atoms with van der Waals surface area (Å²) in [6.45, 7) is 3.05. The van der Waals surface area contributed by atoms with E-state index in [4.69, 9.17) is 0 Å². The summed E-state index contributed by atoms with van der Waals surface area (Å²) in [7, 11) is 0. The zero-order valence-corrected chi connectivity index (χ0v) is 11.6. The van der Waals surface area contributed by atoms with Crippen molar-refractivity contribution in [2.24, 2.45) is 0 Å². The van der Waals surface area contributed by atoms with Gasteiger partial charge in [0.25, 0.3) is 0 Å². The molecule has 0 saturated heterocycles. The molecule has 0 radical (unpaired) electrons. The third-order valence-corrected chi connectivity index (χ3v) is 3.52. The van der Waals surface area contributed by atoms with Crippen LogP contribution < -0.4 is 5.32 Å². The van der Waals surface area contributed by atoms with E-state index in [0.717, 1.165) is 12.1 Å². The second-order valence-corrected chi connectivity index (χ2v) is 4.82. The first kappa shape index (κ1) is 12.8. The van der Waals surface area contributed by atoms with E-state index < -0.39 is 0 Å². The molecule has 0 aliphatic carbocycles. The summed E-state index contributed by atoms with van der Waals surface area (Å²) >= 11 is 0. The standard InChI is InChI=1S/C18H18N2/c1-2-19-17(14-8-4-3-5-9-14)16-12-6-10-15-11-7-13-20-18(15)16/h3-13,17,19H,2H2,1H3. The molecule has 1 atom stereocenters. The Morgan fingerprint density at radius 1 is 0.950 bits per heavy atom. The van der Waals surface area contributed by atoms with Crippen LogP contribution in [0.25, 0.3) is 10.9 Å². The number of hydrogen-bond donors (Lipinski definition) is 1. The number of nitrogens with zero attached hydrogens (tertiary/aromatic N) is 1. The van der Waals surface area contributed by atoms with Crippen molar-refractivity contribution in [3.8, 4) is 0 Å². The fourth-order valence-corrected chi connectivity index (χ4v) is 2.62. The van der Waals surface area contributed by atoms with Crippen LogP contribution in [-0.2, 0) is 0 Å². The predicted molar refractivity (Wildman–Crippen MR) is 83.7 cm³/mol. The van der Waals surface area contributed by atoms with E-state index in [0.29, 0.717) is 0 Å². The smallest absolute Gasteiger partial charge is 0.0753 e. The zero-order chi connectivity index (χ0) is 13.8. The summed E-state index contributed by atoms with van der Waals surface area (Å²) < 4.78 is 0. The number of hydrogen-bond acceptors (Lipinski definition) is 2. The van der Waals surface area contributed by atoms with E-state index in [9.17, 15) is 0 Å². The SMILES string of the molecule is CCNC(c1ccccc1)c1cccc2cccnc12. The number of nitrogens with one attached hydrogen (secondary N) is 1. The van der Waals surface area contributed by atoms with Crippen molar-refractivity contribution in [1.82, 2.24) is 10.3 Å². The molecule has 0 amide bonds. The average molecular weight is 262 g/mol. The highest BCUT2D eigenvalue weighted by Gasteiger charge is 2.15. The number of para-hydroxylation sites is 1. The van der Waals surface area contributed by atoms with Crippen LogP contribution >= 0.6 is 0 Å². The molecular formula is C18H18N2. The minimum absolute atomic E-state index is 0.180. The molecular weight excluding hydrogens is 244 g/mol. The van der Waals surface area contributed by atoms with E-state index in [1.165, 1.54) is 16.5 Å². The number of benzene rings is 2. The summed E-state index contributed by atoms with van der Waals surface area (Å²) in [5.41, 5.74) is 3.58. The van der Waals surface area contributed by atoms with Gasteiger partial charge in [-0.05, 0) is 23.7 Å². The van der Waals surface area contributed by atoms with Crippen LogP contribution in [0.15, 0.2) is 66.9 Å². The van der Waals surface area contributed by atoms with Gasteiger partial charge in [-0.2, -0.15) is 0 Å². The van der Waals surface area contributed by atoms with Crippen molar-refractivity contribution in [2.75, 3.05) is 6.54 Å². The fourth-order valence-electron chi connectivity index (χ4n) is 2.62. The lowest BCUT2D eigenvalue weighted by atomic mass is 9.96. The maximum Gasteiger partial charge on any atom is 0.0753 e. The molecule has 0 aliphatic heterocycles. The van der Waals surface area contributed by atoms with E-state index in [1.807, 2.05) is 18.3 Å². The molecule has 100 valence electrons. The Balaban J connectivity index is 2.15. The molecule has 2 aromatic carbocycles. The predicted octanol–water partition coefficient (Wildman–Crippen LogP) is 3.93. The van der Waals surface area contributed by atoms with Crippen molar-refractivity contribution in [3.63, 3.8) is 0 Å². The molecule has 0 bridgehead atoms. The van der Waals surface area contributed by atoms with E-state index in [1.54, 1.807) is 0 Å². The normalized spacial score (nSPS) is 12.4. The minimum Gasteiger partial charge on any atom is -0.306 e. The monoisotopic (exact) mass is 262 g/mol. The van der Waals surface area contributed by atoms with Gasteiger partial charge in [-0.3, -0.25) is 4.98 Å². The van der Waals surface area contributed by atoms with Crippen LogP contribution in [0.3, 0.4) is 0 Å². The molecule has 2 nitrogen and oxygen atoms in total. The molecule has 1 aromatic heterocycles. The van der Waals surface area contributed by atoms with Crippen molar-refractivity contribution in [2.45, 2.75) is 13.0 Å². The quantitative estimate of drug-likeness (QED) is 0.770. The van der Waals surface area contributed by atoms with Crippen LogP contribution in [0.2, 0.25) is 0 Å². The maximum absolute atomic E-state index is 4.57. The molecule has 3 aromatic rings. The third-order valence-electron chi connectivity index (χ3n) is 3.52. The lowest BCUT2D eigenvalue weighted by Gasteiger charge is -2.20. The summed E-state index contributed by atoms with van der Waals surface area (Å²) in [6.07, 6.45) is 1.86. The van der Waals surface area contributed by atoms with Crippen LogP contribution in [0.1, 0.15) is 24.1 Å². The van der Waals surface area contributed by atoms with Gasteiger partial charge in [0.15, 0.2) is 0 Å². The lowest BCUT2D eigenvalue weighted by molar-refractivity contribution is 0.633. The Hall–Kier alpha value is -2.19. The topological polar surface area (TPSA) is 24.9 Å². The lowest BCUT2D eigenvalue weighted by Crippen LogP contribution is -2.22. The molecule has 0 spiro atoms. The summed E-state index contributed by atoms with van der Waals surface area (Å²) in [4.78, 5) is 4.57. The second kappa shape index (κ2) is 5.85. The zero-order valence-electron chi connectivity index (χ0n) is 11.6. The number of aromatic nitrogens is 1. The van der Waals surface area contributed by atoms with Gasteiger partial charge in [0.05, 0.1) is 11.6 Å².